The lowest BCUT2D eigenvalue weighted by Crippen LogP contribution is -2.32. The zero-order chi connectivity index (χ0) is 22.0. The summed E-state index contributed by atoms with van der Waals surface area (Å²) in [6.07, 6.45) is 3.67. The number of rotatable bonds is 8. The summed E-state index contributed by atoms with van der Waals surface area (Å²) in [6.45, 7) is 8.77. The number of aryl methyl sites for hydroxylation is 1. The van der Waals surface area contributed by atoms with Gasteiger partial charge in [0.2, 0.25) is 0 Å². The lowest BCUT2D eigenvalue weighted by Gasteiger charge is -2.21. The largest absolute Gasteiger partial charge is 0.361 e. The molecule has 7 heteroatoms. The summed E-state index contributed by atoms with van der Waals surface area (Å²) in [6, 6.07) is 14.2. The molecule has 31 heavy (non-hydrogen) atoms. The SMILES string of the molecule is CCn1ncc2ccc(-c3cc(COC(C)(C)C(C)=O)nn3Cc3ccccn3)cc21. The van der Waals surface area contributed by atoms with Gasteiger partial charge in [0.1, 0.15) is 5.60 Å². The van der Waals surface area contributed by atoms with Crippen LogP contribution >= 0.6 is 0 Å². The number of ether oxygens (including phenoxy) is 1. The Morgan fingerprint density at radius 2 is 1.94 bits per heavy atom. The van der Waals surface area contributed by atoms with Crippen LogP contribution in [-0.4, -0.2) is 35.9 Å². The van der Waals surface area contributed by atoms with Crippen molar-refractivity contribution in [2.45, 2.75) is 53.0 Å². The third-order valence-corrected chi connectivity index (χ3v) is 5.54. The minimum Gasteiger partial charge on any atom is -0.361 e. The van der Waals surface area contributed by atoms with Crippen molar-refractivity contribution >= 4 is 16.7 Å². The van der Waals surface area contributed by atoms with Gasteiger partial charge in [0, 0.05) is 23.7 Å². The molecule has 4 aromatic rings. The first-order valence-electron chi connectivity index (χ1n) is 10.4. The van der Waals surface area contributed by atoms with Crippen molar-refractivity contribution in [1.82, 2.24) is 24.5 Å². The predicted molar refractivity (Wildman–Crippen MR) is 120 cm³/mol. The fourth-order valence-corrected chi connectivity index (χ4v) is 3.38. The zero-order valence-electron chi connectivity index (χ0n) is 18.4. The van der Waals surface area contributed by atoms with E-state index in [1.54, 1.807) is 20.0 Å². The van der Waals surface area contributed by atoms with E-state index in [0.717, 1.165) is 40.1 Å². The van der Waals surface area contributed by atoms with Crippen molar-refractivity contribution in [3.63, 3.8) is 0 Å². The highest BCUT2D eigenvalue weighted by atomic mass is 16.5. The number of aromatic nitrogens is 5. The number of carbonyl (C=O) groups excluding carboxylic acids is 1. The molecular formula is C24H27N5O2. The molecule has 0 aliphatic rings. The standard InChI is InChI=1S/C24H27N5O2/c1-5-28-22-12-18(9-10-19(22)14-26-28)23-13-21(16-31-24(3,4)17(2)30)27-29(23)15-20-8-6-7-11-25-20/h6-14H,5,15-16H2,1-4H3. The molecule has 0 spiro atoms. The lowest BCUT2D eigenvalue weighted by atomic mass is 10.1. The highest BCUT2D eigenvalue weighted by molar-refractivity contribution is 5.84. The third kappa shape index (κ3) is 4.41. The van der Waals surface area contributed by atoms with Gasteiger partial charge in [0.25, 0.3) is 0 Å². The molecule has 7 nitrogen and oxygen atoms in total. The van der Waals surface area contributed by atoms with Gasteiger partial charge in [-0.05, 0) is 52.0 Å². The van der Waals surface area contributed by atoms with Crippen LogP contribution in [0.4, 0.5) is 0 Å². The normalized spacial score (nSPS) is 11.9. The Morgan fingerprint density at radius 3 is 2.65 bits per heavy atom. The van der Waals surface area contributed by atoms with Crippen LogP contribution in [0.3, 0.4) is 0 Å². The summed E-state index contributed by atoms with van der Waals surface area (Å²) in [5.41, 5.74) is 3.93. The van der Waals surface area contributed by atoms with Crippen LogP contribution < -0.4 is 0 Å². The molecule has 0 saturated carbocycles. The number of fused-ring (bicyclic) bond motifs is 1. The number of hydrogen-bond donors (Lipinski definition) is 0. The van der Waals surface area contributed by atoms with Gasteiger partial charge in [0.15, 0.2) is 5.78 Å². The highest BCUT2D eigenvalue weighted by Gasteiger charge is 2.25. The lowest BCUT2D eigenvalue weighted by molar-refractivity contribution is -0.139. The van der Waals surface area contributed by atoms with Crippen LogP contribution in [0.1, 0.15) is 39.1 Å². The van der Waals surface area contributed by atoms with Crippen LogP contribution in [0.25, 0.3) is 22.2 Å². The molecule has 0 aliphatic carbocycles. The number of benzene rings is 1. The number of nitrogens with zero attached hydrogens (tertiary/aromatic N) is 5. The van der Waals surface area contributed by atoms with Gasteiger partial charge in [-0.3, -0.25) is 19.1 Å². The summed E-state index contributed by atoms with van der Waals surface area (Å²) in [5.74, 6) is -0.0149. The Kier molecular flexibility index (Phi) is 5.69. The van der Waals surface area contributed by atoms with E-state index in [4.69, 9.17) is 9.84 Å². The Bertz CT molecular complexity index is 1210. The van der Waals surface area contributed by atoms with Crippen molar-refractivity contribution in [3.8, 4) is 11.3 Å². The molecule has 0 aliphatic heterocycles. The Hall–Kier alpha value is -3.32. The maximum Gasteiger partial charge on any atom is 0.161 e. The molecular weight excluding hydrogens is 390 g/mol. The number of pyridine rings is 1. The molecule has 3 heterocycles. The van der Waals surface area contributed by atoms with E-state index >= 15 is 0 Å². The molecule has 0 N–H and O–H groups in total. The molecule has 4 rings (SSSR count). The monoisotopic (exact) mass is 417 g/mol. The molecule has 1 aromatic carbocycles. The highest BCUT2D eigenvalue weighted by Crippen LogP contribution is 2.27. The van der Waals surface area contributed by atoms with Crippen molar-refractivity contribution < 1.29 is 9.53 Å². The van der Waals surface area contributed by atoms with Gasteiger partial charge in [-0.1, -0.05) is 18.2 Å². The van der Waals surface area contributed by atoms with E-state index in [9.17, 15) is 4.79 Å². The first-order valence-corrected chi connectivity index (χ1v) is 10.4. The van der Waals surface area contributed by atoms with Crippen molar-refractivity contribution in [2.75, 3.05) is 0 Å². The van der Waals surface area contributed by atoms with Gasteiger partial charge in [-0.15, -0.1) is 0 Å². The quantitative estimate of drug-likeness (QED) is 0.428. The molecule has 3 aromatic heterocycles. The fraction of sp³-hybridized carbons (Fsp3) is 0.333. The maximum atomic E-state index is 11.8. The topological polar surface area (TPSA) is 74.8 Å². The van der Waals surface area contributed by atoms with Crippen molar-refractivity contribution in [2.24, 2.45) is 0 Å². The average Bonchev–Trinajstić information content (AvgIpc) is 3.36. The zero-order valence-corrected chi connectivity index (χ0v) is 18.4. The van der Waals surface area contributed by atoms with Gasteiger partial charge in [-0.25, -0.2) is 0 Å². The van der Waals surface area contributed by atoms with Gasteiger partial charge < -0.3 is 4.74 Å². The summed E-state index contributed by atoms with van der Waals surface area (Å²) in [4.78, 5) is 16.3. The van der Waals surface area contributed by atoms with E-state index in [-0.39, 0.29) is 12.4 Å². The number of ketones is 1. The second kappa shape index (κ2) is 8.43. The molecule has 0 unspecified atom stereocenters. The van der Waals surface area contributed by atoms with Crippen LogP contribution in [-0.2, 0) is 29.2 Å². The van der Waals surface area contributed by atoms with E-state index < -0.39 is 5.60 Å². The summed E-state index contributed by atoms with van der Waals surface area (Å²) >= 11 is 0. The van der Waals surface area contributed by atoms with E-state index in [0.29, 0.717) is 6.54 Å². The molecule has 0 amide bonds. The number of hydrogen-bond acceptors (Lipinski definition) is 5. The smallest absolute Gasteiger partial charge is 0.161 e. The summed E-state index contributed by atoms with van der Waals surface area (Å²) in [5, 5.41) is 10.3. The fourth-order valence-electron chi connectivity index (χ4n) is 3.38. The Morgan fingerprint density at radius 1 is 1.10 bits per heavy atom. The Balaban J connectivity index is 1.72. The first kappa shape index (κ1) is 20.9. The summed E-state index contributed by atoms with van der Waals surface area (Å²) in [7, 11) is 0. The minimum absolute atomic E-state index is 0.0149. The maximum absolute atomic E-state index is 11.8. The van der Waals surface area contributed by atoms with Gasteiger partial charge >= 0.3 is 0 Å². The molecule has 0 fully saturated rings. The molecule has 0 bridgehead atoms. The van der Waals surface area contributed by atoms with Crippen LogP contribution in [0, 0.1) is 0 Å². The second-order valence-corrected chi connectivity index (χ2v) is 8.09. The average molecular weight is 418 g/mol. The van der Waals surface area contributed by atoms with Crippen LogP contribution in [0.2, 0.25) is 0 Å². The molecule has 0 atom stereocenters. The van der Waals surface area contributed by atoms with Gasteiger partial charge in [-0.2, -0.15) is 10.2 Å². The molecule has 0 radical (unpaired) electrons. The van der Waals surface area contributed by atoms with Gasteiger partial charge in [0.05, 0.1) is 41.9 Å². The van der Waals surface area contributed by atoms with Crippen molar-refractivity contribution in [3.05, 3.63) is 66.2 Å². The third-order valence-electron chi connectivity index (χ3n) is 5.54. The molecule has 160 valence electrons. The summed E-state index contributed by atoms with van der Waals surface area (Å²) < 4.78 is 9.79. The van der Waals surface area contributed by atoms with Crippen LogP contribution in [0.15, 0.2) is 54.9 Å². The van der Waals surface area contributed by atoms with E-state index in [1.807, 2.05) is 39.8 Å². The first-order chi connectivity index (χ1) is 14.9. The van der Waals surface area contributed by atoms with Crippen molar-refractivity contribution in [1.29, 1.82) is 0 Å². The van der Waals surface area contributed by atoms with Crippen LogP contribution in [0.5, 0.6) is 0 Å². The second-order valence-electron chi connectivity index (χ2n) is 8.09. The minimum atomic E-state index is -0.850. The predicted octanol–water partition coefficient (Wildman–Crippen LogP) is 4.25. The van der Waals surface area contributed by atoms with E-state index in [1.165, 1.54) is 6.92 Å². The van der Waals surface area contributed by atoms with E-state index in [2.05, 4.69) is 35.2 Å². The number of Topliss-reactive ketones (excluding diaryl/α,β-unsaturated/α-hetero) is 1. The Labute approximate surface area is 181 Å². The number of carbonyl (C=O) groups is 1. The molecule has 0 saturated heterocycles.